The molecule has 138 valence electrons. The van der Waals surface area contributed by atoms with Crippen molar-refractivity contribution in [2.45, 2.75) is 45.9 Å². The van der Waals surface area contributed by atoms with Crippen molar-refractivity contribution in [3.8, 4) is 0 Å². The van der Waals surface area contributed by atoms with E-state index in [0.29, 0.717) is 18.6 Å². The lowest BCUT2D eigenvalue weighted by atomic mass is 9.77. The van der Waals surface area contributed by atoms with Crippen LogP contribution in [0.2, 0.25) is 0 Å². The standard InChI is InChI=1S/C19H27NO5/c1-12(2)19(13(3)4,11-16-20-9-10-24-16)25-18(23)15-7-5-14(6-8-15)17(21)22/h5-8,12-13,16,20H,9-11H2,1-4H3,(H,21,22). The molecule has 0 amide bonds. The van der Waals surface area contributed by atoms with Gasteiger partial charge in [-0.1, -0.05) is 27.7 Å². The zero-order valence-corrected chi connectivity index (χ0v) is 15.2. The highest BCUT2D eigenvalue weighted by atomic mass is 16.6. The number of carboxylic acid groups (broad SMARTS) is 1. The van der Waals surface area contributed by atoms with Gasteiger partial charge in [-0.05, 0) is 36.1 Å². The quantitative estimate of drug-likeness (QED) is 0.736. The normalized spacial score (nSPS) is 17.9. The summed E-state index contributed by atoms with van der Waals surface area (Å²) in [6.07, 6.45) is 0.438. The average Bonchev–Trinajstić information content (AvgIpc) is 3.06. The van der Waals surface area contributed by atoms with Gasteiger partial charge in [-0.3, -0.25) is 5.32 Å². The van der Waals surface area contributed by atoms with Crippen LogP contribution < -0.4 is 5.32 Å². The Balaban J connectivity index is 2.22. The van der Waals surface area contributed by atoms with Crippen molar-refractivity contribution in [2.24, 2.45) is 11.8 Å². The molecule has 25 heavy (non-hydrogen) atoms. The predicted octanol–water partition coefficient (Wildman–Crippen LogP) is 2.93. The molecule has 1 saturated heterocycles. The topological polar surface area (TPSA) is 84.9 Å². The molecule has 0 radical (unpaired) electrons. The van der Waals surface area contributed by atoms with E-state index >= 15 is 0 Å². The summed E-state index contributed by atoms with van der Waals surface area (Å²) in [6.45, 7) is 9.60. The summed E-state index contributed by atoms with van der Waals surface area (Å²) in [6, 6.07) is 5.79. The van der Waals surface area contributed by atoms with Gasteiger partial charge in [-0.25, -0.2) is 9.59 Å². The van der Waals surface area contributed by atoms with E-state index in [0.717, 1.165) is 6.54 Å². The van der Waals surface area contributed by atoms with Crippen LogP contribution in [0.1, 0.15) is 54.8 Å². The number of carbonyl (C=O) groups is 2. The third-order valence-electron chi connectivity index (χ3n) is 4.90. The van der Waals surface area contributed by atoms with E-state index in [2.05, 4.69) is 5.32 Å². The van der Waals surface area contributed by atoms with Crippen molar-refractivity contribution in [3.05, 3.63) is 35.4 Å². The van der Waals surface area contributed by atoms with Crippen LogP contribution in [0, 0.1) is 11.8 Å². The highest BCUT2D eigenvalue weighted by Crippen LogP contribution is 2.36. The van der Waals surface area contributed by atoms with Crippen molar-refractivity contribution in [1.82, 2.24) is 5.32 Å². The number of hydrogen-bond acceptors (Lipinski definition) is 5. The van der Waals surface area contributed by atoms with Crippen LogP contribution in [0.4, 0.5) is 0 Å². The minimum absolute atomic E-state index is 0.0979. The Morgan fingerprint density at radius 3 is 2.20 bits per heavy atom. The van der Waals surface area contributed by atoms with E-state index in [1.165, 1.54) is 24.3 Å². The molecule has 1 atom stereocenters. The molecular weight excluding hydrogens is 322 g/mol. The van der Waals surface area contributed by atoms with E-state index in [1.54, 1.807) is 0 Å². The Bertz CT molecular complexity index is 595. The SMILES string of the molecule is CC(C)C(CC1NCCO1)(OC(=O)c1ccc(C(=O)O)cc1)C(C)C. The summed E-state index contributed by atoms with van der Waals surface area (Å²) in [7, 11) is 0. The van der Waals surface area contributed by atoms with Crippen LogP contribution in [0.5, 0.6) is 0 Å². The molecule has 6 heteroatoms. The first-order chi connectivity index (χ1) is 11.8. The van der Waals surface area contributed by atoms with Crippen LogP contribution >= 0.6 is 0 Å². The van der Waals surface area contributed by atoms with E-state index in [9.17, 15) is 9.59 Å². The molecule has 1 aliphatic rings. The lowest BCUT2D eigenvalue weighted by Crippen LogP contribution is -2.49. The minimum atomic E-state index is -1.02. The number of ether oxygens (including phenoxy) is 2. The van der Waals surface area contributed by atoms with Gasteiger partial charge in [0.1, 0.15) is 11.8 Å². The third-order valence-corrected chi connectivity index (χ3v) is 4.90. The van der Waals surface area contributed by atoms with E-state index in [1.807, 2.05) is 27.7 Å². The fourth-order valence-electron chi connectivity index (χ4n) is 3.30. The number of carbonyl (C=O) groups excluding carboxylic acids is 1. The van der Waals surface area contributed by atoms with Crippen molar-refractivity contribution >= 4 is 11.9 Å². The molecule has 2 N–H and O–H groups in total. The number of esters is 1. The molecule has 2 rings (SSSR count). The van der Waals surface area contributed by atoms with Crippen molar-refractivity contribution in [1.29, 1.82) is 0 Å². The summed E-state index contributed by atoms with van der Waals surface area (Å²) < 4.78 is 11.7. The van der Waals surface area contributed by atoms with Crippen LogP contribution in [0.3, 0.4) is 0 Å². The van der Waals surface area contributed by atoms with Crippen LogP contribution in [0.15, 0.2) is 24.3 Å². The summed E-state index contributed by atoms with van der Waals surface area (Å²) in [5, 5.41) is 12.2. The number of hydrogen-bond donors (Lipinski definition) is 2. The fourth-order valence-corrected chi connectivity index (χ4v) is 3.30. The summed E-state index contributed by atoms with van der Waals surface area (Å²) in [4.78, 5) is 23.6. The van der Waals surface area contributed by atoms with E-state index in [-0.39, 0.29) is 23.6 Å². The van der Waals surface area contributed by atoms with Crippen molar-refractivity contribution in [3.63, 3.8) is 0 Å². The maximum atomic E-state index is 12.7. The van der Waals surface area contributed by atoms with E-state index in [4.69, 9.17) is 14.6 Å². The van der Waals surface area contributed by atoms with Gasteiger partial charge in [-0.2, -0.15) is 0 Å². The summed E-state index contributed by atoms with van der Waals surface area (Å²) >= 11 is 0. The monoisotopic (exact) mass is 349 g/mol. The Kier molecular flexibility index (Phi) is 6.19. The maximum absolute atomic E-state index is 12.7. The lowest BCUT2D eigenvalue weighted by Gasteiger charge is -2.42. The molecule has 1 aliphatic heterocycles. The first kappa shape index (κ1) is 19.4. The highest BCUT2D eigenvalue weighted by Gasteiger charge is 2.44. The molecule has 1 aromatic carbocycles. The maximum Gasteiger partial charge on any atom is 0.338 e. The smallest absolute Gasteiger partial charge is 0.338 e. The largest absolute Gasteiger partial charge is 0.478 e. The highest BCUT2D eigenvalue weighted by molar-refractivity contribution is 5.92. The number of rotatable bonds is 7. The number of nitrogens with one attached hydrogen (secondary N) is 1. The van der Waals surface area contributed by atoms with Gasteiger partial charge in [0.15, 0.2) is 0 Å². The average molecular weight is 349 g/mol. The Morgan fingerprint density at radius 2 is 1.76 bits per heavy atom. The molecule has 0 aliphatic carbocycles. The Morgan fingerprint density at radius 1 is 1.20 bits per heavy atom. The zero-order chi connectivity index (χ0) is 18.6. The molecule has 0 bridgehead atoms. The predicted molar refractivity (Wildman–Crippen MR) is 93.6 cm³/mol. The molecule has 1 unspecified atom stereocenters. The number of carboxylic acids is 1. The van der Waals surface area contributed by atoms with Gasteiger partial charge < -0.3 is 14.6 Å². The van der Waals surface area contributed by atoms with Gasteiger partial charge in [0.25, 0.3) is 0 Å². The zero-order valence-electron chi connectivity index (χ0n) is 15.2. The molecule has 0 spiro atoms. The van der Waals surface area contributed by atoms with Crippen molar-refractivity contribution < 1.29 is 24.2 Å². The molecule has 0 saturated carbocycles. The number of aromatic carboxylic acids is 1. The van der Waals surface area contributed by atoms with Crippen LogP contribution in [0.25, 0.3) is 0 Å². The van der Waals surface area contributed by atoms with Gasteiger partial charge >= 0.3 is 11.9 Å². The van der Waals surface area contributed by atoms with E-state index < -0.39 is 17.5 Å². The Hall–Kier alpha value is -1.92. The number of benzene rings is 1. The summed E-state index contributed by atoms with van der Waals surface area (Å²) in [5.41, 5.74) is -0.194. The summed E-state index contributed by atoms with van der Waals surface area (Å²) in [5.74, 6) is -1.28. The van der Waals surface area contributed by atoms with Gasteiger partial charge in [0.2, 0.25) is 0 Å². The first-order valence-electron chi connectivity index (χ1n) is 8.68. The minimum Gasteiger partial charge on any atom is -0.478 e. The fraction of sp³-hybridized carbons (Fsp3) is 0.579. The molecule has 1 aromatic rings. The Labute approximate surface area is 148 Å². The molecule has 1 heterocycles. The van der Waals surface area contributed by atoms with Gasteiger partial charge in [-0.15, -0.1) is 0 Å². The van der Waals surface area contributed by atoms with Crippen LogP contribution in [-0.4, -0.2) is 42.0 Å². The third kappa shape index (κ3) is 4.38. The molecule has 1 fully saturated rings. The second kappa shape index (κ2) is 7.97. The lowest BCUT2D eigenvalue weighted by molar-refractivity contribution is -0.101. The molecule has 6 nitrogen and oxygen atoms in total. The van der Waals surface area contributed by atoms with Crippen LogP contribution in [-0.2, 0) is 9.47 Å². The second-order valence-corrected chi connectivity index (χ2v) is 7.05. The second-order valence-electron chi connectivity index (χ2n) is 7.05. The first-order valence-corrected chi connectivity index (χ1v) is 8.68. The van der Waals surface area contributed by atoms with Crippen molar-refractivity contribution in [2.75, 3.05) is 13.2 Å². The molecule has 0 aromatic heterocycles. The molecular formula is C19H27NO5. The van der Waals surface area contributed by atoms with Gasteiger partial charge in [0, 0.05) is 13.0 Å². The van der Waals surface area contributed by atoms with Gasteiger partial charge in [0.05, 0.1) is 17.7 Å².